The van der Waals surface area contributed by atoms with Gasteiger partial charge in [0.15, 0.2) is 5.41 Å². The molecule has 7 heteroatoms. The third-order valence-electron chi connectivity index (χ3n) is 5.59. The smallest absolute Gasteiger partial charge is 0.332 e. The van der Waals surface area contributed by atoms with E-state index in [1.807, 2.05) is 4.90 Å². The molecule has 3 heterocycles. The summed E-state index contributed by atoms with van der Waals surface area (Å²) in [5.41, 5.74) is -0.214. The van der Waals surface area contributed by atoms with Crippen LogP contribution in [0.2, 0.25) is 0 Å². The minimum atomic E-state index is -1.35. The van der Waals surface area contributed by atoms with E-state index in [2.05, 4.69) is 0 Å². The molecule has 1 spiro atoms. The lowest BCUT2D eigenvalue weighted by atomic mass is 9.68. The first kappa shape index (κ1) is 15.1. The van der Waals surface area contributed by atoms with Crippen LogP contribution in [-0.4, -0.2) is 54.3 Å². The van der Waals surface area contributed by atoms with Gasteiger partial charge in [0.2, 0.25) is 11.8 Å². The SMILES string of the molecule is CN1C(=O)N(C)C(=O)C2(Cc3cccc(F)c3N3CCCC32)C1=O. The van der Waals surface area contributed by atoms with Crippen molar-refractivity contribution < 1.29 is 18.8 Å². The van der Waals surface area contributed by atoms with E-state index in [0.717, 1.165) is 16.2 Å². The molecule has 0 radical (unpaired) electrons. The fraction of sp³-hybridized carbons (Fsp3) is 0.471. The predicted octanol–water partition coefficient (Wildman–Crippen LogP) is 1.39. The van der Waals surface area contributed by atoms with Gasteiger partial charge in [-0.3, -0.25) is 19.4 Å². The molecular formula is C17H18FN3O3. The number of amides is 4. The first-order chi connectivity index (χ1) is 11.4. The maximum absolute atomic E-state index is 14.4. The van der Waals surface area contributed by atoms with Gasteiger partial charge in [0, 0.05) is 20.6 Å². The number of anilines is 1. The van der Waals surface area contributed by atoms with Crippen molar-refractivity contribution in [2.24, 2.45) is 5.41 Å². The molecule has 4 amide bonds. The lowest BCUT2D eigenvalue weighted by Gasteiger charge is -2.50. The number of fused-ring (bicyclic) bond motifs is 4. The first-order valence-electron chi connectivity index (χ1n) is 8.04. The number of hydrogen-bond acceptors (Lipinski definition) is 4. The molecule has 0 aliphatic carbocycles. The summed E-state index contributed by atoms with van der Waals surface area (Å²) in [7, 11) is 2.80. The van der Waals surface area contributed by atoms with Crippen molar-refractivity contribution in [1.82, 2.24) is 9.80 Å². The van der Waals surface area contributed by atoms with E-state index < -0.39 is 29.3 Å². The predicted molar refractivity (Wildman–Crippen MR) is 83.8 cm³/mol. The summed E-state index contributed by atoms with van der Waals surface area (Å²) in [6.07, 6.45) is 1.53. The Balaban J connectivity index is 1.93. The number of barbiturate groups is 1. The number of benzene rings is 1. The molecule has 0 bridgehead atoms. The maximum Gasteiger partial charge on any atom is 0.332 e. The monoisotopic (exact) mass is 331 g/mol. The zero-order valence-corrected chi connectivity index (χ0v) is 13.6. The molecule has 0 N–H and O–H groups in total. The highest BCUT2D eigenvalue weighted by Gasteiger charge is 2.63. The van der Waals surface area contributed by atoms with Crippen molar-refractivity contribution in [3.05, 3.63) is 29.6 Å². The van der Waals surface area contributed by atoms with Gasteiger partial charge in [-0.05, 0) is 30.9 Å². The van der Waals surface area contributed by atoms with E-state index in [1.54, 1.807) is 12.1 Å². The molecule has 1 aromatic rings. The molecule has 126 valence electrons. The summed E-state index contributed by atoms with van der Waals surface area (Å²) >= 11 is 0. The summed E-state index contributed by atoms with van der Waals surface area (Å²) in [5.74, 6) is -1.30. The van der Waals surface area contributed by atoms with E-state index in [-0.39, 0.29) is 12.2 Å². The Morgan fingerprint density at radius 3 is 2.46 bits per heavy atom. The quantitative estimate of drug-likeness (QED) is 0.674. The zero-order chi connectivity index (χ0) is 17.2. The number of carbonyl (C=O) groups excluding carboxylic acids is 3. The van der Waals surface area contributed by atoms with Crippen molar-refractivity contribution in [1.29, 1.82) is 0 Å². The van der Waals surface area contributed by atoms with Crippen LogP contribution in [-0.2, 0) is 16.0 Å². The highest BCUT2D eigenvalue weighted by molar-refractivity contribution is 6.20. The minimum absolute atomic E-state index is 0.126. The lowest BCUT2D eigenvalue weighted by molar-refractivity contribution is -0.159. The minimum Gasteiger partial charge on any atom is -0.364 e. The average molecular weight is 331 g/mol. The molecule has 3 aliphatic rings. The maximum atomic E-state index is 14.4. The summed E-state index contributed by atoms with van der Waals surface area (Å²) in [6, 6.07) is 3.71. The van der Waals surface area contributed by atoms with Crippen molar-refractivity contribution in [3.8, 4) is 0 Å². The molecule has 1 aromatic carbocycles. The molecule has 2 fully saturated rings. The summed E-state index contributed by atoms with van der Waals surface area (Å²) in [4.78, 5) is 42.1. The first-order valence-corrected chi connectivity index (χ1v) is 8.04. The molecular weight excluding hydrogens is 313 g/mol. The van der Waals surface area contributed by atoms with Crippen LogP contribution in [0.4, 0.5) is 14.9 Å². The Morgan fingerprint density at radius 1 is 1.12 bits per heavy atom. The Morgan fingerprint density at radius 2 is 1.79 bits per heavy atom. The largest absolute Gasteiger partial charge is 0.364 e. The fourth-order valence-electron chi connectivity index (χ4n) is 4.51. The van der Waals surface area contributed by atoms with E-state index in [4.69, 9.17) is 0 Å². The van der Waals surface area contributed by atoms with Gasteiger partial charge in [-0.2, -0.15) is 0 Å². The van der Waals surface area contributed by atoms with Crippen LogP contribution in [0.1, 0.15) is 18.4 Å². The highest BCUT2D eigenvalue weighted by atomic mass is 19.1. The van der Waals surface area contributed by atoms with Gasteiger partial charge < -0.3 is 4.90 Å². The van der Waals surface area contributed by atoms with Gasteiger partial charge in [0.25, 0.3) is 0 Å². The third kappa shape index (κ3) is 1.62. The fourth-order valence-corrected chi connectivity index (χ4v) is 4.51. The van der Waals surface area contributed by atoms with Crippen LogP contribution >= 0.6 is 0 Å². The third-order valence-corrected chi connectivity index (χ3v) is 5.59. The Kier molecular flexibility index (Phi) is 3.01. The molecule has 1 unspecified atom stereocenters. The second-order valence-electron chi connectivity index (χ2n) is 6.76. The molecule has 4 rings (SSSR count). The van der Waals surface area contributed by atoms with Crippen LogP contribution in [0, 0.1) is 11.2 Å². The van der Waals surface area contributed by atoms with Crippen LogP contribution in [0.5, 0.6) is 0 Å². The van der Waals surface area contributed by atoms with Crippen molar-refractivity contribution in [3.63, 3.8) is 0 Å². The van der Waals surface area contributed by atoms with Crippen LogP contribution in [0.25, 0.3) is 0 Å². The van der Waals surface area contributed by atoms with Crippen LogP contribution in [0.15, 0.2) is 18.2 Å². The molecule has 24 heavy (non-hydrogen) atoms. The van der Waals surface area contributed by atoms with Gasteiger partial charge in [-0.25, -0.2) is 9.18 Å². The van der Waals surface area contributed by atoms with Gasteiger partial charge in [0.1, 0.15) is 5.82 Å². The van der Waals surface area contributed by atoms with Crippen molar-refractivity contribution in [2.75, 3.05) is 25.5 Å². The molecule has 0 saturated carbocycles. The van der Waals surface area contributed by atoms with E-state index in [1.165, 1.54) is 20.2 Å². The molecule has 1 atom stereocenters. The van der Waals surface area contributed by atoms with Gasteiger partial charge in [-0.15, -0.1) is 0 Å². The Labute approximate surface area is 138 Å². The Bertz CT molecular complexity index is 754. The summed E-state index contributed by atoms with van der Waals surface area (Å²) in [6.45, 7) is 0.599. The normalized spacial score (nSPS) is 25.4. The number of urea groups is 1. The van der Waals surface area contributed by atoms with Crippen molar-refractivity contribution in [2.45, 2.75) is 25.3 Å². The topological polar surface area (TPSA) is 60.9 Å². The number of rotatable bonds is 0. The van der Waals surface area contributed by atoms with E-state index in [0.29, 0.717) is 24.2 Å². The highest BCUT2D eigenvalue weighted by Crippen LogP contribution is 2.49. The summed E-state index contributed by atoms with van der Waals surface area (Å²) in [5, 5.41) is 0. The number of halogens is 1. The van der Waals surface area contributed by atoms with Crippen LogP contribution in [0.3, 0.4) is 0 Å². The number of nitrogens with zero attached hydrogens (tertiary/aromatic N) is 3. The number of carbonyl (C=O) groups is 3. The molecule has 2 saturated heterocycles. The average Bonchev–Trinajstić information content (AvgIpc) is 3.06. The van der Waals surface area contributed by atoms with Gasteiger partial charge >= 0.3 is 6.03 Å². The Hall–Kier alpha value is -2.44. The van der Waals surface area contributed by atoms with E-state index in [9.17, 15) is 18.8 Å². The number of para-hydroxylation sites is 1. The second kappa shape index (κ2) is 4.78. The van der Waals surface area contributed by atoms with Crippen LogP contribution < -0.4 is 4.90 Å². The summed E-state index contributed by atoms with van der Waals surface area (Å²) < 4.78 is 14.4. The lowest BCUT2D eigenvalue weighted by Crippen LogP contribution is -2.70. The molecule has 6 nitrogen and oxygen atoms in total. The van der Waals surface area contributed by atoms with E-state index >= 15 is 0 Å². The molecule has 3 aliphatic heterocycles. The van der Waals surface area contributed by atoms with Gasteiger partial charge in [-0.1, -0.05) is 12.1 Å². The number of imide groups is 2. The van der Waals surface area contributed by atoms with Crippen molar-refractivity contribution >= 4 is 23.5 Å². The second-order valence-corrected chi connectivity index (χ2v) is 6.76. The standard InChI is InChI=1S/C17H18FN3O3/c1-19-14(22)17(15(23)20(2)16(19)24)9-10-5-3-6-11(18)13(10)21-8-4-7-12(17)21/h3,5-6,12H,4,7-9H2,1-2H3. The molecule has 0 aromatic heterocycles. The number of hydrogen-bond donors (Lipinski definition) is 0. The van der Waals surface area contributed by atoms with Gasteiger partial charge in [0.05, 0.1) is 11.7 Å². The zero-order valence-electron chi connectivity index (χ0n) is 13.6.